The Morgan fingerprint density at radius 2 is 1.82 bits per heavy atom. The van der Waals surface area contributed by atoms with E-state index in [1.165, 1.54) is 37.3 Å². The lowest BCUT2D eigenvalue weighted by Gasteiger charge is -2.32. The largest absolute Gasteiger partial charge is 0.464 e. The average molecular weight is 527 g/mol. The van der Waals surface area contributed by atoms with Crippen LogP contribution in [-0.2, 0) is 29.2 Å². The van der Waals surface area contributed by atoms with Crippen molar-refractivity contribution < 1.29 is 30.8 Å². The first-order valence-corrected chi connectivity index (χ1v) is 13.7. The summed E-state index contributed by atoms with van der Waals surface area (Å²) in [7, 11) is -8.68. The van der Waals surface area contributed by atoms with Gasteiger partial charge in [-0.2, -0.15) is 0 Å². The number of esters is 1. The van der Waals surface area contributed by atoms with Gasteiger partial charge in [-0.25, -0.2) is 21.2 Å². The first-order chi connectivity index (χ1) is 16.0. The predicted molar refractivity (Wildman–Crippen MR) is 123 cm³/mol. The molecule has 2 aromatic carbocycles. The van der Waals surface area contributed by atoms with Crippen molar-refractivity contribution in [2.24, 2.45) is 16.6 Å². The zero-order valence-corrected chi connectivity index (χ0v) is 20.3. The number of nitrogens with zero attached hydrogens (tertiary/aromatic N) is 1. The highest BCUT2D eigenvalue weighted by Crippen LogP contribution is 2.49. The van der Waals surface area contributed by atoms with Crippen LogP contribution in [0.15, 0.2) is 67.9 Å². The lowest BCUT2D eigenvalue weighted by atomic mass is 9.80. The fourth-order valence-corrected chi connectivity index (χ4v) is 8.62. The van der Waals surface area contributed by atoms with Crippen molar-refractivity contribution >= 4 is 43.0 Å². The number of nitrogens with two attached hydrogens (primary N) is 1. The molecule has 2 unspecified atom stereocenters. The highest BCUT2D eigenvalue weighted by atomic mass is 35.5. The maximum absolute atomic E-state index is 15.2. The van der Waals surface area contributed by atoms with Gasteiger partial charge in [0.2, 0.25) is 9.84 Å². The Kier molecular flexibility index (Phi) is 6.40. The third kappa shape index (κ3) is 3.96. The number of hydrogen-bond donors (Lipinski definition) is 1. The summed E-state index contributed by atoms with van der Waals surface area (Å²) < 4.78 is 74.4. The maximum atomic E-state index is 15.2. The van der Waals surface area contributed by atoms with E-state index < -0.39 is 63.7 Å². The van der Waals surface area contributed by atoms with Crippen LogP contribution in [0.5, 0.6) is 0 Å². The second-order valence-electron chi connectivity index (χ2n) is 7.82. The molecule has 2 atom stereocenters. The summed E-state index contributed by atoms with van der Waals surface area (Å²) in [6, 6.07) is 8.91. The van der Waals surface area contributed by atoms with Gasteiger partial charge in [0.1, 0.15) is 18.3 Å². The molecule has 0 amide bonds. The van der Waals surface area contributed by atoms with E-state index in [0.717, 1.165) is 12.1 Å². The Morgan fingerprint density at radius 1 is 1.15 bits per heavy atom. The molecule has 0 bridgehead atoms. The van der Waals surface area contributed by atoms with Crippen LogP contribution in [0.25, 0.3) is 0 Å². The summed E-state index contributed by atoms with van der Waals surface area (Å²) >= 11 is 6.32. The fourth-order valence-electron chi connectivity index (χ4n) is 4.30. The molecule has 2 N–H and O–H groups in total. The number of sulfone groups is 2. The van der Waals surface area contributed by atoms with E-state index in [1.807, 2.05) is 0 Å². The van der Waals surface area contributed by atoms with Gasteiger partial charge in [0.25, 0.3) is 0 Å². The minimum absolute atomic E-state index is 0.0115. The topological polar surface area (TPSA) is 133 Å². The molecular formula is C22H20ClFN2O6S2. The first-order valence-electron chi connectivity index (χ1n) is 10.2. The second kappa shape index (κ2) is 8.88. The van der Waals surface area contributed by atoms with Crippen molar-refractivity contribution in [1.82, 2.24) is 0 Å². The second-order valence-corrected chi connectivity index (χ2v) is 12.1. The van der Waals surface area contributed by atoms with E-state index in [-0.39, 0.29) is 35.1 Å². The monoisotopic (exact) mass is 526 g/mol. The molecule has 0 aromatic heterocycles. The zero-order chi connectivity index (χ0) is 24.8. The number of benzene rings is 2. The van der Waals surface area contributed by atoms with Crippen LogP contribution in [-0.4, -0.2) is 47.4 Å². The van der Waals surface area contributed by atoms with Crippen LogP contribution in [0.2, 0.25) is 5.02 Å². The van der Waals surface area contributed by atoms with Gasteiger partial charge in [-0.15, -0.1) is 0 Å². The van der Waals surface area contributed by atoms with Crippen molar-refractivity contribution in [3.63, 3.8) is 0 Å². The van der Waals surface area contributed by atoms with Crippen molar-refractivity contribution in [2.45, 2.75) is 22.6 Å². The average Bonchev–Trinajstić information content (AvgIpc) is 2.82. The number of rotatable bonds is 4. The lowest BCUT2D eigenvalue weighted by Crippen LogP contribution is -2.37. The molecule has 0 fully saturated rings. The van der Waals surface area contributed by atoms with Gasteiger partial charge in [0.05, 0.1) is 26.1 Å². The predicted octanol–water partition coefficient (Wildman–Crippen LogP) is 2.63. The molecule has 8 nitrogen and oxygen atoms in total. The van der Waals surface area contributed by atoms with E-state index in [2.05, 4.69) is 4.99 Å². The van der Waals surface area contributed by atoms with Gasteiger partial charge in [-0.1, -0.05) is 29.8 Å². The number of fused-ring (bicyclic) bond motifs is 1. The molecule has 0 aliphatic carbocycles. The van der Waals surface area contributed by atoms with Gasteiger partial charge in [0.15, 0.2) is 9.84 Å². The molecule has 2 heterocycles. The standard InChI is InChI=1S/C22H20ClFN2O6S2/c1-12-18(22(27)32-10-9-25)20(19-13(23)5-4-6-14(19)24)21-15(26-12)11-33(28,29)16-7-2-3-8-17(16)34(21,30)31/h2-8,18,20H,9-11,25H2,1H3. The number of carbonyl (C=O) groups excluding carboxylic acids is 1. The zero-order valence-electron chi connectivity index (χ0n) is 17.9. The Labute approximate surface area is 201 Å². The Hall–Kier alpha value is -2.60. The molecule has 0 spiro atoms. The summed E-state index contributed by atoms with van der Waals surface area (Å²) in [5.74, 6) is -5.35. The van der Waals surface area contributed by atoms with Gasteiger partial charge < -0.3 is 10.5 Å². The molecule has 2 aromatic rings. The molecule has 0 saturated carbocycles. The Morgan fingerprint density at radius 3 is 2.47 bits per heavy atom. The van der Waals surface area contributed by atoms with Crippen LogP contribution < -0.4 is 5.73 Å². The number of ether oxygens (including phenoxy) is 1. The molecule has 180 valence electrons. The van der Waals surface area contributed by atoms with Gasteiger partial charge >= 0.3 is 5.97 Å². The quantitative estimate of drug-likeness (QED) is 0.605. The number of aliphatic imine (C=N–C) groups is 1. The van der Waals surface area contributed by atoms with Crippen molar-refractivity contribution in [2.75, 3.05) is 18.9 Å². The lowest BCUT2D eigenvalue weighted by molar-refractivity contribution is -0.146. The first kappa shape index (κ1) is 24.5. The molecular weight excluding hydrogens is 507 g/mol. The van der Waals surface area contributed by atoms with Crippen LogP contribution in [0, 0.1) is 11.7 Å². The van der Waals surface area contributed by atoms with Crippen molar-refractivity contribution in [3.05, 3.63) is 69.5 Å². The van der Waals surface area contributed by atoms with E-state index in [1.54, 1.807) is 0 Å². The fraction of sp³-hybridized carbons (Fsp3) is 0.273. The third-order valence-corrected chi connectivity index (χ3v) is 9.82. The summed E-state index contributed by atoms with van der Waals surface area (Å²) in [5, 5.41) is -0.126. The molecule has 4 rings (SSSR count). The van der Waals surface area contributed by atoms with E-state index in [0.29, 0.717) is 0 Å². The minimum Gasteiger partial charge on any atom is -0.464 e. The molecule has 2 aliphatic heterocycles. The van der Waals surface area contributed by atoms with Crippen molar-refractivity contribution in [1.29, 1.82) is 0 Å². The molecule has 0 saturated heterocycles. The van der Waals surface area contributed by atoms with Gasteiger partial charge in [0, 0.05) is 28.8 Å². The number of hydrogen-bond acceptors (Lipinski definition) is 8. The maximum Gasteiger partial charge on any atom is 0.315 e. The summed E-state index contributed by atoms with van der Waals surface area (Å²) in [5.41, 5.74) is 4.94. The summed E-state index contributed by atoms with van der Waals surface area (Å²) in [6.45, 7) is 1.28. The summed E-state index contributed by atoms with van der Waals surface area (Å²) in [4.78, 5) is 15.9. The normalized spacial score (nSPS) is 22.8. The number of allylic oxidation sites excluding steroid dienone is 1. The molecule has 12 heteroatoms. The van der Waals surface area contributed by atoms with Crippen LogP contribution >= 0.6 is 11.6 Å². The van der Waals surface area contributed by atoms with E-state index in [9.17, 15) is 21.6 Å². The number of carbonyl (C=O) groups is 1. The molecule has 34 heavy (non-hydrogen) atoms. The van der Waals surface area contributed by atoms with Crippen LogP contribution in [0.4, 0.5) is 4.39 Å². The van der Waals surface area contributed by atoms with E-state index >= 15 is 4.39 Å². The van der Waals surface area contributed by atoms with Gasteiger partial charge in [-0.3, -0.25) is 9.79 Å². The number of halogens is 2. The van der Waals surface area contributed by atoms with Gasteiger partial charge in [-0.05, 0) is 31.2 Å². The third-order valence-electron chi connectivity index (χ3n) is 5.68. The van der Waals surface area contributed by atoms with Crippen LogP contribution in [0.1, 0.15) is 18.4 Å². The highest BCUT2D eigenvalue weighted by Gasteiger charge is 2.49. The van der Waals surface area contributed by atoms with Crippen LogP contribution in [0.3, 0.4) is 0 Å². The SMILES string of the molecule is CC1=NC2=C(C(c3c(F)cccc3Cl)C1C(=O)OCCN)S(=O)(=O)c1ccccc1S(=O)(=O)C2. The Bertz CT molecular complexity index is 1450. The molecule has 0 radical (unpaired) electrons. The molecule has 2 aliphatic rings. The minimum atomic E-state index is -4.56. The Balaban J connectivity index is 2.09. The smallest absolute Gasteiger partial charge is 0.315 e. The van der Waals surface area contributed by atoms with E-state index in [4.69, 9.17) is 22.1 Å². The van der Waals surface area contributed by atoms with Crippen molar-refractivity contribution in [3.8, 4) is 0 Å². The highest BCUT2D eigenvalue weighted by molar-refractivity contribution is 7.97. The summed E-state index contributed by atoms with van der Waals surface area (Å²) in [6.07, 6.45) is 0.